The Kier molecular flexibility index (Phi) is 1.09. The number of rotatable bonds is 0. The van der Waals surface area contributed by atoms with Crippen molar-refractivity contribution in [1.82, 2.24) is 0 Å². The molecule has 2 fully saturated rings. The quantitative estimate of drug-likeness (QED) is 0.475. The molecule has 1 aliphatic heterocycles. The number of ether oxygens (including phenoxy) is 1. The lowest BCUT2D eigenvalue weighted by molar-refractivity contribution is -0.118. The molecule has 2 aliphatic rings. The molecule has 0 aromatic rings. The minimum absolute atomic E-state index is 0.438. The Morgan fingerprint density at radius 2 is 1.78 bits per heavy atom. The van der Waals surface area contributed by atoms with Crippen molar-refractivity contribution in [3.63, 3.8) is 0 Å². The van der Waals surface area contributed by atoms with Crippen molar-refractivity contribution in [2.75, 3.05) is 13.2 Å². The van der Waals surface area contributed by atoms with E-state index in [2.05, 4.69) is 0 Å². The number of carbonyl (C=O) groups is 1. The molecule has 9 heavy (non-hydrogen) atoms. The molecule has 2 rings (SSSR count). The van der Waals surface area contributed by atoms with Crippen LogP contribution < -0.4 is 0 Å². The zero-order chi connectivity index (χ0) is 6.27. The lowest BCUT2D eigenvalue weighted by atomic mass is 10.0. The van der Waals surface area contributed by atoms with Crippen molar-refractivity contribution in [2.45, 2.75) is 12.8 Å². The van der Waals surface area contributed by atoms with Crippen molar-refractivity contribution >= 4 is 5.78 Å². The Balaban J connectivity index is 2.09. The highest BCUT2D eigenvalue weighted by Gasteiger charge is 2.36. The predicted molar refractivity (Wildman–Crippen MR) is 32.0 cm³/mol. The smallest absolute Gasteiger partial charge is 0.133 e. The van der Waals surface area contributed by atoms with Gasteiger partial charge in [0.1, 0.15) is 5.78 Å². The number of hydrogen-bond acceptors (Lipinski definition) is 2. The Hall–Kier alpha value is -0.370. The summed E-state index contributed by atoms with van der Waals surface area (Å²) < 4.78 is 5.21. The van der Waals surface area contributed by atoms with Gasteiger partial charge < -0.3 is 4.74 Å². The van der Waals surface area contributed by atoms with Gasteiger partial charge in [0.05, 0.1) is 13.2 Å². The molecule has 0 amide bonds. The molecule has 1 heterocycles. The van der Waals surface area contributed by atoms with Gasteiger partial charge in [-0.15, -0.1) is 0 Å². The molecule has 0 aromatic heterocycles. The van der Waals surface area contributed by atoms with Crippen LogP contribution >= 0.6 is 0 Å². The normalized spacial score (nSPS) is 41.6. The summed E-state index contributed by atoms with van der Waals surface area (Å²) in [6.07, 6.45) is 1.56. The Labute approximate surface area is 54.2 Å². The minimum Gasteiger partial charge on any atom is -0.381 e. The first kappa shape index (κ1) is 5.42. The lowest BCUT2D eigenvalue weighted by Gasteiger charge is -1.99. The van der Waals surface area contributed by atoms with Gasteiger partial charge >= 0.3 is 0 Å². The molecule has 2 nitrogen and oxygen atoms in total. The average Bonchev–Trinajstić information content (AvgIpc) is 2.22. The van der Waals surface area contributed by atoms with Crippen LogP contribution in [-0.2, 0) is 9.53 Å². The molecular weight excluding hydrogens is 116 g/mol. The largest absolute Gasteiger partial charge is 0.381 e. The van der Waals surface area contributed by atoms with Crippen molar-refractivity contribution in [3.8, 4) is 0 Å². The Morgan fingerprint density at radius 3 is 2.33 bits per heavy atom. The van der Waals surface area contributed by atoms with E-state index < -0.39 is 0 Å². The number of hydrogen-bond donors (Lipinski definition) is 0. The minimum atomic E-state index is 0.438. The van der Waals surface area contributed by atoms with Crippen LogP contribution in [0.4, 0.5) is 0 Å². The first-order valence-electron chi connectivity index (χ1n) is 3.45. The third-order valence-electron chi connectivity index (χ3n) is 2.31. The highest BCUT2D eigenvalue weighted by molar-refractivity contribution is 5.81. The molecule has 2 heteroatoms. The maximum atomic E-state index is 10.8. The maximum absolute atomic E-state index is 10.8. The molecule has 50 valence electrons. The summed E-state index contributed by atoms with van der Waals surface area (Å²) >= 11 is 0. The van der Waals surface area contributed by atoms with E-state index in [1.165, 1.54) is 0 Å². The summed E-state index contributed by atoms with van der Waals surface area (Å²) in [7, 11) is 0. The van der Waals surface area contributed by atoms with E-state index in [0.717, 1.165) is 26.1 Å². The fraction of sp³-hybridized carbons (Fsp3) is 0.857. The van der Waals surface area contributed by atoms with E-state index in [9.17, 15) is 4.79 Å². The van der Waals surface area contributed by atoms with E-state index in [1.807, 2.05) is 0 Å². The van der Waals surface area contributed by atoms with Gasteiger partial charge in [-0.2, -0.15) is 0 Å². The maximum Gasteiger partial charge on any atom is 0.133 e. The van der Waals surface area contributed by atoms with Crippen molar-refractivity contribution in [1.29, 1.82) is 0 Å². The van der Waals surface area contributed by atoms with Crippen LogP contribution in [0.15, 0.2) is 0 Å². The number of carbonyl (C=O) groups excluding carboxylic acids is 1. The monoisotopic (exact) mass is 126 g/mol. The van der Waals surface area contributed by atoms with Crippen LogP contribution in [0.25, 0.3) is 0 Å². The molecule has 0 spiro atoms. The van der Waals surface area contributed by atoms with E-state index in [0.29, 0.717) is 17.6 Å². The molecule has 1 saturated carbocycles. The zero-order valence-corrected chi connectivity index (χ0v) is 5.30. The highest BCUT2D eigenvalue weighted by Crippen LogP contribution is 2.33. The molecule has 2 atom stereocenters. The zero-order valence-electron chi connectivity index (χ0n) is 5.30. The second kappa shape index (κ2) is 1.81. The van der Waals surface area contributed by atoms with E-state index in [1.54, 1.807) is 0 Å². The molecule has 0 bridgehead atoms. The van der Waals surface area contributed by atoms with E-state index >= 15 is 0 Å². The topological polar surface area (TPSA) is 26.3 Å². The summed E-state index contributed by atoms with van der Waals surface area (Å²) in [5.74, 6) is 1.60. The molecular formula is C7H10O2. The molecule has 0 N–H and O–H groups in total. The number of Topliss-reactive ketones (excluding diaryl/α,β-unsaturated/α-hetero) is 1. The van der Waals surface area contributed by atoms with Crippen LogP contribution in [0.5, 0.6) is 0 Å². The first-order chi connectivity index (χ1) is 4.36. The van der Waals surface area contributed by atoms with Gasteiger partial charge in [0.15, 0.2) is 0 Å². The Morgan fingerprint density at radius 1 is 1.22 bits per heavy atom. The van der Waals surface area contributed by atoms with Crippen LogP contribution in [0.1, 0.15) is 12.8 Å². The van der Waals surface area contributed by atoms with Gasteiger partial charge in [0.2, 0.25) is 0 Å². The van der Waals surface area contributed by atoms with Gasteiger partial charge in [0.25, 0.3) is 0 Å². The fourth-order valence-corrected chi connectivity index (χ4v) is 1.76. The molecule has 0 radical (unpaired) electrons. The standard InChI is InChI=1S/C7H10O2/c8-7-1-5-3-9-4-6(5)2-7/h5-6H,1-4H2/t5-,6-/m1/s1. The lowest BCUT2D eigenvalue weighted by Crippen LogP contribution is -2.01. The molecule has 1 aliphatic carbocycles. The predicted octanol–water partition coefficient (Wildman–Crippen LogP) is 0.612. The van der Waals surface area contributed by atoms with Gasteiger partial charge in [0, 0.05) is 12.8 Å². The summed E-state index contributed by atoms with van der Waals surface area (Å²) in [6, 6.07) is 0. The third-order valence-corrected chi connectivity index (χ3v) is 2.31. The first-order valence-corrected chi connectivity index (χ1v) is 3.45. The summed E-state index contributed by atoms with van der Waals surface area (Å²) in [5.41, 5.74) is 0. The molecule has 0 unspecified atom stereocenters. The van der Waals surface area contributed by atoms with Crippen molar-refractivity contribution in [3.05, 3.63) is 0 Å². The van der Waals surface area contributed by atoms with Gasteiger partial charge in [-0.05, 0) is 11.8 Å². The van der Waals surface area contributed by atoms with Crippen LogP contribution in [0.2, 0.25) is 0 Å². The van der Waals surface area contributed by atoms with Crippen LogP contribution in [-0.4, -0.2) is 19.0 Å². The molecule has 0 aromatic carbocycles. The number of ketones is 1. The van der Waals surface area contributed by atoms with E-state index in [-0.39, 0.29) is 0 Å². The average molecular weight is 126 g/mol. The van der Waals surface area contributed by atoms with Crippen LogP contribution in [0, 0.1) is 11.8 Å². The summed E-state index contributed by atoms with van der Waals surface area (Å²) in [6.45, 7) is 1.66. The number of fused-ring (bicyclic) bond motifs is 1. The Bertz CT molecular complexity index is 128. The van der Waals surface area contributed by atoms with Crippen molar-refractivity contribution in [2.24, 2.45) is 11.8 Å². The van der Waals surface area contributed by atoms with Gasteiger partial charge in [-0.1, -0.05) is 0 Å². The SMILES string of the molecule is O=C1C[C@@H]2COC[C@H]2C1. The second-order valence-electron chi connectivity index (χ2n) is 3.00. The van der Waals surface area contributed by atoms with Crippen LogP contribution in [0.3, 0.4) is 0 Å². The summed E-state index contributed by atoms with van der Waals surface area (Å²) in [4.78, 5) is 10.8. The van der Waals surface area contributed by atoms with Gasteiger partial charge in [-0.25, -0.2) is 0 Å². The second-order valence-corrected chi connectivity index (χ2v) is 3.00. The van der Waals surface area contributed by atoms with Gasteiger partial charge in [-0.3, -0.25) is 4.79 Å². The summed E-state index contributed by atoms with van der Waals surface area (Å²) in [5, 5.41) is 0. The highest BCUT2D eigenvalue weighted by atomic mass is 16.5. The van der Waals surface area contributed by atoms with Crippen molar-refractivity contribution < 1.29 is 9.53 Å². The molecule has 1 saturated heterocycles. The fourth-order valence-electron chi connectivity index (χ4n) is 1.76. The van der Waals surface area contributed by atoms with E-state index in [4.69, 9.17) is 4.74 Å². The third kappa shape index (κ3) is 0.778.